The van der Waals surface area contributed by atoms with Gasteiger partial charge >= 0.3 is 5.69 Å². The number of hydrogen-bond acceptors (Lipinski definition) is 5. The molecule has 0 saturated carbocycles. The van der Waals surface area contributed by atoms with Crippen LogP contribution in [0.15, 0.2) is 52.3 Å². The summed E-state index contributed by atoms with van der Waals surface area (Å²) in [6.07, 6.45) is 3.62. The molecule has 3 rings (SSSR count). The van der Waals surface area contributed by atoms with Gasteiger partial charge in [0.2, 0.25) is 0 Å². The summed E-state index contributed by atoms with van der Waals surface area (Å²) in [5.41, 5.74) is 7.76. The minimum Gasteiger partial charge on any atom is -0.383 e. The summed E-state index contributed by atoms with van der Waals surface area (Å²) in [5.74, 6) is 0.737. The number of nitrogen functional groups attached to an aromatic ring is 1. The first kappa shape index (κ1) is 21.4. The highest BCUT2D eigenvalue weighted by Gasteiger charge is 2.20. The van der Waals surface area contributed by atoms with Crippen LogP contribution in [0, 0.1) is 11.8 Å². The lowest BCUT2D eigenvalue weighted by atomic mass is 10.1. The summed E-state index contributed by atoms with van der Waals surface area (Å²) in [6.45, 7) is 9.76. The molecule has 0 bridgehead atoms. The van der Waals surface area contributed by atoms with Crippen LogP contribution in [0.25, 0.3) is 5.69 Å². The fraction of sp³-hybridized carbons (Fsp3) is 0.409. The van der Waals surface area contributed by atoms with Crippen molar-refractivity contribution in [1.29, 1.82) is 0 Å². The van der Waals surface area contributed by atoms with E-state index < -0.39 is 11.2 Å². The van der Waals surface area contributed by atoms with Crippen LogP contribution < -0.4 is 21.9 Å². The van der Waals surface area contributed by atoms with Gasteiger partial charge in [-0.1, -0.05) is 39.8 Å². The van der Waals surface area contributed by atoms with Crippen molar-refractivity contribution in [3.63, 3.8) is 0 Å². The summed E-state index contributed by atoms with van der Waals surface area (Å²) in [7, 11) is 0. The van der Waals surface area contributed by atoms with E-state index in [1.165, 1.54) is 4.57 Å². The molecule has 0 aliphatic rings. The largest absolute Gasteiger partial charge is 0.383 e. The highest BCUT2D eigenvalue weighted by Crippen LogP contribution is 2.22. The van der Waals surface area contributed by atoms with Crippen molar-refractivity contribution < 1.29 is 0 Å². The SMILES string of the molecule is CC(C)CN(Cc1ccc(-n2cccn2)cc1)c1c(N)n(CC(C)C)c(=O)[nH]c1=O. The van der Waals surface area contributed by atoms with Crippen molar-refractivity contribution in [2.45, 2.75) is 40.8 Å². The van der Waals surface area contributed by atoms with Crippen LogP contribution in [0.4, 0.5) is 11.5 Å². The van der Waals surface area contributed by atoms with Crippen molar-refractivity contribution in [2.24, 2.45) is 11.8 Å². The average molecular weight is 411 g/mol. The Morgan fingerprint density at radius 2 is 1.80 bits per heavy atom. The third-order valence-electron chi connectivity index (χ3n) is 4.74. The Bertz CT molecular complexity index is 1080. The Labute approximate surface area is 176 Å². The number of rotatable bonds is 8. The standard InChI is InChI=1S/C22H30N6O2/c1-15(2)12-26(14-17-6-8-18(9-7-17)28-11-5-10-24-28)19-20(23)27(13-16(3)4)22(30)25-21(19)29/h5-11,15-16H,12-14,23H2,1-4H3,(H,25,29,30). The molecule has 3 N–H and O–H groups in total. The lowest BCUT2D eigenvalue weighted by Gasteiger charge is -2.28. The van der Waals surface area contributed by atoms with E-state index in [1.54, 1.807) is 10.9 Å². The summed E-state index contributed by atoms with van der Waals surface area (Å²) >= 11 is 0. The summed E-state index contributed by atoms with van der Waals surface area (Å²) < 4.78 is 3.25. The number of nitrogens with zero attached hydrogens (tertiary/aromatic N) is 4. The Morgan fingerprint density at radius 3 is 2.37 bits per heavy atom. The normalized spacial score (nSPS) is 11.4. The molecular weight excluding hydrogens is 380 g/mol. The zero-order chi connectivity index (χ0) is 21.8. The number of hydrogen-bond donors (Lipinski definition) is 2. The van der Waals surface area contributed by atoms with Crippen LogP contribution in [-0.2, 0) is 13.1 Å². The Kier molecular flexibility index (Phi) is 6.44. The number of H-pyrrole nitrogens is 1. The van der Waals surface area contributed by atoms with Gasteiger partial charge in [0.1, 0.15) is 11.5 Å². The first-order valence-corrected chi connectivity index (χ1v) is 10.2. The molecule has 30 heavy (non-hydrogen) atoms. The van der Waals surface area contributed by atoms with E-state index in [0.29, 0.717) is 31.2 Å². The molecule has 1 aromatic carbocycles. The van der Waals surface area contributed by atoms with E-state index in [1.807, 2.05) is 55.3 Å². The van der Waals surface area contributed by atoms with Gasteiger partial charge < -0.3 is 10.6 Å². The molecule has 8 heteroatoms. The van der Waals surface area contributed by atoms with E-state index >= 15 is 0 Å². The third kappa shape index (κ3) is 4.82. The molecule has 2 aromatic heterocycles. The second-order valence-corrected chi connectivity index (χ2v) is 8.39. The molecule has 2 heterocycles. The van der Waals surface area contributed by atoms with Gasteiger partial charge in [0.05, 0.1) is 5.69 Å². The molecule has 0 aliphatic carbocycles. The van der Waals surface area contributed by atoms with Gasteiger partial charge in [-0.05, 0) is 35.6 Å². The van der Waals surface area contributed by atoms with Crippen molar-refractivity contribution in [3.05, 3.63) is 69.1 Å². The van der Waals surface area contributed by atoms with Crippen LogP contribution in [0.2, 0.25) is 0 Å². The van der Waals surface area contributed by atoms with Crippen molar-refractivity contribution in [2.75, 3.05) is 17.2 Å². The van der Waals surface area contributed by atoms with Gasteiger partial charge in [0, 0.05) is 32.0 Å². The molecule has 0 unspecified atom stereocenters. The lowest BCUT2D eigenvalue weighted by Crippen LogP contribution is -2.40. The molecular formula is C22H30N6O2. The smallest absolute Gasteiger partial charge is 0.330 e. The fourth-order valence-corrected chi connectivity index (χ4v) is 3.50. The maximum Gasteiger partial charge on any atom is 0.330 e. The Balaban J connectivity index is 1.97. The zero-order valence-corrected chi connectivity index (χ0v) is 18.0. The Morgan fingerprint density at radius 1 is 1.10 bits per heavy atom. The molecule has 0 saturated heterocycles. The molecule has 0 atom stereocenters. The summed E-state index contributed by atoms with van der Waals surface area (Å²) in [6, 6.07) is 9.88. The van der Waals surface area contributed by atoms with Gasteiger partial charge in [-0.25, -0.2) is 9.48 Å². The zero-order valence-electron chi connectivity index (χ0n) is 18.0. The van der Waals surface area contributed by atoms with Gasteiger partial charge in [0.25, 0.3) is 5.56 Å². The van der Waals surface area contributed by atoms with Gasteiger partial charge in [-0.3, -0.25) is 14.3 Å². The van der Waals surface area contributed by atoms with Crippen LogP contribution in [0.3, 0.4) is 0 Å². The van der Waals surface area contributed by atoms with E-state index in [-0.39, 0.29) is 11.7 Å². The fourth-order valence-electron chi connectivity index (χ4n) is 3.50. The van der Waals surface area contributed by atoms with E-state index in [0.717, 1.165) is 11.3 Å². The van der Waals surface area contributed by atoms with Crippen LogP contribution in [0.1, 0.15) is 33.3 Å². The lowest BCUT2D eigenvalue weighted by molar-refractivity contribution is 0.505. The van der Waals surface area contributed by atoms with Crippen molar-refractivity contribution in [1.82, 2.24) is 19.3 Å². The van der Waals surface area contributed by atoms with Gasteiger partial charge in [-0.2, -0.15) is 5.10 Å². The van der Waals surface area contributed by atoms with Crippen LogP contribution in [-0.4, -0.2) is 25.9 Å². The topological polar surface area (TPSA) is 102 Å². The molecule has 0 radical (unpaired) electrons. The summed E-state index contributed by atoms with van der Waals surface area (Å²) in [5, 5.41) is 4.24. The Hall–Kier alpha value is -3.29. The molecule has 0 amide bonds. The summed E-state index contributed by atoms with van der Waals surface area (Å²) in [4.78, 5) is 29.4. The first-order valence-electron chi connectivity index (χ1n) is 10.2. The number of aromatic nitrogens is 4. The molecule has 0 spiro atoms. The molecule has 0 fully saturated rings. The molecule has 0 aliphatic heterocycles. The van der Waals surface area contributed by atoms with Gasteiger partial charge in [-0.15, -0.1) is 0 Å². The second kappa shape index (κ2) is 9.02. The van der Waals surface area contributed by atoms with Gasteiger partial charge in [0.15, 0.2) is 0 Å². The maximum atomic E-state index is 12.7. The van der Waals surface area contributed by atoms with Crippen molar-refractivity contribution >= 4 is 11.5 Å². The van der Waals surface area contributed by atoms with Crippen LogP contribution in [0.5, 0.6) is 0 Å². The number of nitrogens with two attached hydrogens (primary N) is 1. The minimum absolute atomic E-state index is 0.214. The average Bonchev–Trinajstić information content (AvgIpc) is 3.19. The van der Waals surface area contributed by atoms with E-state index in [4.69, 9.17) is 5.73 Å². The van der Waals surface area contributed by atoms with E-state index in [2.05, 4.69) is 23.9 Å². The number of aromatic amines is 1. The quantitative estimate of drug-likeness (QED) is 0.594. The number of nitrogens with one attached hydrogen (secondary N) is 1. The second-order valence-electron chi connectivity index (χ2n) is 8.39. The highest BCUT2D eigenvalue weighted by molar-refractivity contribution is 5.62. The van der Waals surface area contributed by atoms with E-state index in [9.17, 15) is 9.59 Å². The molecule has 8 nitrogen and oxygen atoms in total. The maximum absolute atomic E-state index is 12.7. The number of anilines is 2. The number of benzene rings is 1. The minimum atomic E-state index is -0.469. The molecule has 3 aromatic rings. The third-order valence-corrected chi connectivity index (χ3v) is 4.74. The highest BCUT2D eigenvalue weighted by atomic mass is 16.2. The molecule has 160 valence electrons. The predicted octanol–water partition coefficient (Wildman–Crippen LogP) is 2.62. The monoisotopic (exact) mass is 410 g/mol. The first-order chi connectivity index (χ1) is 14.3. The predicted molar refractivity (Wildman–Crippen MR) is 120 cm³/mol. The van der Waals surface area contributed by atoms with Crippen molar-refractivity contribution in [3.8, 4) is 5.69 Å². The van der Waals surface area contributed by atoms with Crippen LogP contribution >= 0.6 is 0 Å².